The number of nitrogens with zero attached hydrogens (tertiary/aromatic N) is 1. The molecule has 0 spiro atoms. The largest absolute Gasteiger partial charge is 0.284 e. The van der Waals surface area contributed by atoms with Gasteiger partial charge in [0.25, 0.3) is 10.0 Å². The van der Waals surface area contributed by atoms with Crippen LogP contribution >= 0.6 is 15.9 Å². The lowest BCUT2D eigenvalue weighted by molar-refractivity contribution is -0.0284. The number of sulfonamides is 1. The number of hydroxylamine groups is 1. The van der Waals surface area contributed by atoms with Crippen molar-refractivity contribution in [3.63, 3.8) is 0 Å². The van der Waals surface area contributed by atoms with Gasteiger partial charge in [-0.25, -0.2) is 8.42 Å². The summed E-state index contributed by atoms with van der Waals surface area (Å²) >= 11 is 3.24. The summed E-state index contributed by atoms with van der Waals surface area (Å²) in [5.41, 5.74) is 0. The number of rotatable bonds is 2. The predicted octanol–water partition coefficient (Wildman–Crippen LogP) is 1.78. The minimum atomic E-state index is -3.48. The summed E-state index contributed by atoms with van der Waals surface area (Å²) < 4.78 is 25.7. The Morgan fingerprint density at radius 3 is 2.80 bits per heavy atom. The molecular formula is C9H10BrNO3S. The maximum atomic E-state index is 12.0. The van der Waals surface area contributed by atoms with Gasteiger partial charge in [-0.2, -0.15) is 0 Å². The van der Waals surface area contributed by atoms with Crippen LogP contribution in [0.2, 0.25) is 0 Å². The molecule has 0 N–H and O–H groups in total. The van der Waals surface area contributed by atoms with Crippen LogP contribution in [-0.2, 0) is 14.9 Å². The van der Waals surface area contributed by atoms with Crippen LogP contribution in [0.25, 0.3) is 0 Å². The number of benzene rings is 1. The predicted molar refractivity (Wildman–Crippen MR) is 58.6 cm³/mol. The van der Waals surface area contributed by atoms with E-state index in [-0.39, 0.29) is 4.90 Å². The molecule has 0 atom stereocenters. The molecule has 15 heavy (non-hydrogen) atoms. The average Bonchev–Trinajstić information content (AvgIpc) is 2.71. The molecule has 0 radical (unpaired) electrons. The molecule has 1 aromatic carbocycles. The fourth-order valence-electron chi connectivity index (χ4n) is 1.36. The van der Waals surface area contributed by atoms with Gasteiger partial charge in [-0.3, -0.25) is 4.84 Å². The molecule has 2 rings (SSSR count). The van der Waals surface area contributed by atoms with Crippen LogP contribution in [0.3, 0.4) is 0 Å². The van der Waals surface area contributed by atoms with Gasteiger partial charge in [0, 0.05) is 11.0 Å². The summed E-state index contributed by atoms with van der Waals surface area (Å²) in [5.74, 6) is 0. The van der Waals surface area contributed by atoms with Crippen LogP contribution in [0.5, 0.6) is 0 Å². The van der Waals surface area contributed by atoms with Crippen molar-refractivity contribution in [3.8, 4) is 0 Å². The Bertz CT molecular complexity index is 454. The van der Waals surface area contributed by atoms with Crippen LogP contribution in [0.15, 0.2) is 33.6 Å². The van der Waals surface area contributed by atoms with E-state index in [2.05, 4.69) is 15.9 Å². The molecule has 1 saturated heterocycles. The number of hydrogen-bond acceptors (Lipinski definition) is 3. The molecular weight excluding hydrogens is 282 g/mol. The van der Waals surface area contributed by atoms with E-state index in [0.29, 0.717) is 13.2 Å². The lowest BCUT2D eigenvalue weighted by Gasteiger charge is -2.14. The van der Waals surface area contributed by atoms with E-state index >= 15 is 0 Å². The van der Waals surface area contributed by atoms with E-state index in [1.165, 1.54) is 0 Å². The van der Waals surface area contributed by atoms with Gasteiger partial charge in [-0.05, 0) is 24.6 Å². The molecule has 1 heterocycles. The molecule has 0 saturated carbocycles. The van der Waals surface area contributed by atoms with Crippen molar-refractivity contribution < 1.29 is 13.3 Å². The van der Waals surface area contributed by atoms with Gasteiger partial charge in [0.2, 0.25) is 0 Å². The topological polar surface area (TPSA) is 46.6 Å². The van der Waals surface area contributed by atoms with Gasteiger partial charge in [-0.15, -0.1) is 0 Å². The van der Waals surface area contributed by atoms with E-state index < -0.39 is 10.0 Å². The van der Waals surface area contributed by atoms with E-state index in [4.69, 9.17) is 4.84 Å². The van der Waals surface area contributed by atoms with Gasteiger partial charge in [0.05, 0.1) is 11.5 Å². The lowest BCUT2D eigenvalue weighted by Crippen LogP contribution is -2.26. The second-order valence-corrected chi connectivity index (χ2v) is 5.92. The summed E-state index contributed by atoms with van der Waals surface area (Å²) in [6.07, 6.45) is 0.743. The van der Waals surface area contributed by atoms with E-state index in [1.54, 1.807) is 24.3 Å². The van der Waals surface area contributed by atoms with Gasteiger partial charge in [0.15, 0.2) is 0 Å². The van der Waals surface area contributed by atoms with Gasteiger partial charge in [-0.1, -0.05) is 26.5 Å². The molecule has 4 nitrogen and oxygen atoms in total. The summed E-state index contributed by atoms with van der Waals surface area (Å²) in [6.45, 7) is 0.891. The monoisotopic (exact) mass is 291 g/mol. The molecule has 0 amide bonds. The first-order chi connectivity index (χ1) is 7.10. The smallest absolute Gasteiger partial charge is 0.265 e. The van der Waals surface area contributed by atoms with Crippen molar-refractivity contribution in [2.45, 2.75) is 11.3 Å². The van der Waals surface area contributed by atoms with Crippen LogP contribution in [0.4, 0.5) is 0 Å². The Hall–Kier alpha value is -0.430. The van der Waals surface area contributed by atoms with Gasteiger partial charge < -0.3 is 0 Å². The van der Waals surface area contributed by atoms with Crippen LogP contribution in [-0.4, -0.2) is 26.0 Å². The quantitative estimate of drug-likeness (QED) is 0.834. The standard InChI is InChI=1S/C9H10BrNO3S/c10-8-3-1-4-9(7-8)15(12,13)11-5-2-6-14-11/h1,3-4,7H,2,5-6H2. The molecule has 1 aliphatic rings. The van der Waals surface area contributed by atoms with Crippen LogP contribution < -0.4 is 0 Å². The molecule has 82 valence electrons. The molecule has 0 bridgehead atoms. The SMILES string of the molecule is O=S(=O)(c1cccc(Br)c1)N1CCCO1. The van der Waals surface area contributed by atoms with Gasteiger partial charge in [0.1, 0.15) is 0 Å². The third-order valence-corrected chi connectivity index (χ3v) is 4.25. The van der Waals surface area contributed by atoms with Crippen molar-refractivity contribution in [3.05, 3.63) is 28.7 Å². The first kappa shape index (κ1) is 11.1. The van der Waals surface area contributed by atoms with Gasteiger partial charge >= 0.3 is 0 Å². The lowest BCUT2D eigenvalue weighted by atomic mass is 10.4. The van der Waals surface area contributed by atoms with Crippen LogP contribution in [0, 0.1) is 0 Å². The van der Waals surface area contributed by atoms with E-state index in [0.717, 1.165) is 15.4 Å². The fraction of sp³-hybridized carbons (Fsp3) is 0.333. The third-order valence-electron chi connectivity index (χ3n) is 2.08. The maximum Gasteiger partial charge on any atom is 0.265 e. The van der Waals surface area contributed by atoms with Crippen molar-refractivity contribution in [2.75, 3.05) is 13.2 Å². The van der Waals surface area contributed by atoms with Crippen molar-refractivity contribution in [1.29, 1.82) is 0 Å². The Balaban J connectivity index is 2.36. The van der Waals surface area contributed by atoms with Crippen molar-refractivity contribution in [1.82, 2.24) is 4.47 Å². The first-order valence-electron chi connectivity index (χ1n) is 4.52. The Morgan fingerprint density at radius 1 is 1.40 bits per heavy atom. The fourth-order valence-corrected chi connectivity index (χ4v) is 3.25. The van der Waals surface area contributed by atoms with Crippen molar-refractivity contribution >= 4 is 26.0 Å². The maximum absolute atomic E-state index is 12.0. The highest BCUT2D eigenvalue weighted by Gasteiger charge is 2.28. The second kappa shape index (κ2) is 4.21. The Labute approximate surface area is 97.0 Å². The minimum Gasteiger partial charge on any atom is -0.284 e. The summed E-state index contributed by atoms with van der Waals surface area (Å²) in [4.78, 5) is 5.29. The van der Waals surface area contributed by atoms with E-state index in [1.807, 2.05) is 0 Å². The first-order valence-corrected chi connectivity index (χ1v) is 6.75. The van der Waals surface area contributed by atoms with E-state index in [9.17, 15) is 8.42 Å². The zero-order valence-corrected chi connectivity index (χ0v) is 10.3. The number of halogens is 1. The van der Waals surface area contributed by atoms with Crippen molar-refractivity contribution in [2.24, 2.45) is 0 Å². The summed E-state index contributed by atoms with van der Waals surface area (Å²) in [7, 11) is -3.48. The Morgan fingerprint density at radius 2 is 2.20 bits per heavy atom. The zero-order chi connectivity index (χ0) is 10.9. The highest BCUT2D eigenvalue weighted by Crippen LogP contribution is 2.22. The molecule has 1 aromatic rings. The molecule has 0 aliphatic carbocycles. The Kier molecular flexibility index (Phi) is 3.11. The third kappa shape index (κ3) is 2.23. The highest BCUT2D eigenvalue weighted by molar-refractivity contribution is 9.10. The summed E-state index contributed by atoms with van der Waals surface area (Å²) in [5, 5.41) is 0. The highest BCUT2D eigenvalue weighted by atomic mass is 79.9. The molecule has 1 fully saturated rings. The number of hydrogen-bond donors (Lipinski definition) is 0. The molecule has 0 aromatic heterocycles. The average molecular weight is 292 g/mol. The minimum absolute atomic E-state index is 0.249. The normalized spacial score (nSPS) is 18.2. The molecule has 6 heteroatoms. The summed E-state index contributed by atoms with van der Waals surface area (Å²) in [6, 6.07) is 6.59. The molecule has 0 unspecified atom stereocenters. The zero-order valence-electron chi connectivity index (χ0n) is 7.89. The molecule has 1 aliphatic heterocycles. The second-order valence-electron chi connectivity index (χ2n) is 3.18. The van der Waals surface area contributed by atoms with Crippen LogP contribution in [0.1, 0.15) is 6.42 Å².